The summed E-state index contributed by atoms with van der Waals surface area (Å²) in [6.45, 7) is 0.212. The van der Waals surface area contributed by atoms with E-state index in [2.05, 4.69) is 15.9 Å². The van der Waals surface area contributed by atoms with Gasteiger partial charge in [-0.25, -0.2) is 4.39 Å². The second-order valence-corrected chi connectivity index (χ2v) is 4.31. The molecule has 0 aliphatic carbocycles. The molecular weight excluding hydrogens is 307 g/mol. The molecule has 0 aliphatic rings. The van der Waals surface area contributed by atoms with Crippen molar-refractivity contribution in [3.8, 4) is 11.8 Å². The lowest BCUT2D eigenvalue weighted by Crippen LogP contribution is -2.01. The van der Waals surface area contributed by atoms with E-state index in [0.29, 0.717) is 19.3 Å². The second-order valence-electron chi connectivity index (χ2n) is 3.45. The van der Waals surface area contributed by atoms with Crippen LogP contribution in [-0.4, -0.2) is 11.5 Å². The predicted molar refractivity (Wildman–Crippen MR) is 65.7 cm³/mol. The molecule has 0 aromatic heterocycles. The summed E-state index contributed by atoms with van der Waals surface area (Å²) < 4.78 is 18.4. The van der Waals surface area contributed by atoms with Crippen molar-refractivity contribution in [2.45, 2.75) is 19.3 Å². The van der Waals surface area contributed by atoms with E-state index in [1.54, 1.807) is 0 Å². The predicted octanol–water partition coefficient (Wildman–Crippen LogP) is 3.57. The second kappa shape index (κ2) is 6.91. The number of rotatable bonds is 6. The summed E-state index contributed by atoms with van der Waals surface area (Å²) in [5, 5.41) is 19.1. The van der Waals surface area contributed by atoms with Crippen LogP contribution < -0.4 is 4.74 Å². The van der Waals surface area contributed by atoms with E-state index in [1.165, 1.54) is 0 Å². The molecule has 0 saturated heterocycles. The van der Waals surface area contributed by atoms with Gasteiger partial charge in [0.2, 0.25) is 0 Å². The first-order valence-electron chi connectivity index (χ1n) is 5.19. The minimum atomic E-state index is -0.630. The smallest absolute Gasteiger partial charge is 0.312 e. The Kier molecular flexibility index (Phi) is 5.52. The maximum atomic E-state index is 13.3. The molecule has 0 N–H and O–H groups in total. The van der Waals surface area contributed by atoms with Gasteiger partial charge < -0.3 is 4.74 Å². The quantitative estimate of drug-likeness (QED) is 0.456. The zero-order chi connectivity index (χ0) is 13.5. The average Bonchev–Trinajstić information content (AvgIpc) is 2.32. The van der Waals surface area contributed by atoms with Crippen LogP contribution in [0, 0.1) is 27.3 Å². The molecule has 0 fully saturated rings. The Morgan fingerprint density at radius 2 is 2.22 bits per heavy atom. The molecular formula is C11H10BrFN2O3. The first kappa shape index (κ1) is 14.4. The fourth-order valence-corrected chi connectivity index (χ4v) is 1.60. The van der Waals surface area contributed by atoms with Crippen LogP contribution in [0.4, 0.5) is 10.1 Å². The van der Waals surface area contributed by atoms with Gasteiger partial charge in [0.05, 0.1) is 22.1 Å². The normalized spacial score (nSPS) is 9.83. The van der Waals surface area contributed by atoms with Crippen molar-refractivity contribution in [3.63, 3.8) is 0 Å². The Hall–Kier alpha value is -1.68. The van der Waals surface area contributed by atoms with Crippen LogP contribution in [-0.2, 0) is 0 Å². The minimum Gasteiger partial charge on any atom is -0.487 e. The highest BCUT2D eigenvalue weighted by Gasteiger charge is 2.18. The molecule has 96 valence electrons. The van der Waals surface area contributed by atoms with Gasteiger partial charge in [-0.2, -0.15) is 5.26 Å². The maximum absolute atomic E-state index is 13.3. The highest BCUT2D eigenvalue weighted by atomic mass is 79.9. The first-order valence-corrected chi connectivity index (χ1v) is 5.98. The lowest BCUT2D eigenvalue weighted by Gasteiger charge is -2.07. The third kappa shape index (κ3) is 3.96. The van der Waals surface area contributed by atoms with E-state index >= 15 is 0 Å². The monoisotopic (exact) mass is 316 g/mol. The molecule has 18 heavy (non-hydrogen) atoms. The number of nitriles is 1. The van der Waals surface area contributed by atoms with E-state index in [4.69, 9.17) is 10.00 Å². The topological polar surface area (TPSA) is 76.2 Å². The van der Waals surface area contributed by atoms with Crippen molar-refractivity contribution in [3.05, 3.63) is 32.5 Å². The van der Waals surface area contributed by atoms with E-state index in [0.717, 1.165) is 12.1 Å². The van der Waals surface area contributed by atoms with Crippen molar-refractivity contribution < 1.29 is 14.1 Å². The molecule has 1 aromatic carbocycles. The number of hydrogen-bond donors (Lipinski definition) is 0. The van der Waals surface area contributed by atoms with Gasteiger partial charge in [-0.3, -0.25) is 10.1 Å². The van der Waals surface area contributed by atoms with Crippen molar-refractivity contribution in [2.75, 3.05) is 6.61 Å². The zero-order valence-corrected chi connectivity index (χ0v) is 10.9. The molecule has 7 heteroatoms. The average molecular weight is 317 g/mol. The van der Waals surface area contributed by atoms with Crippen LogP contribution >= 0.6 is 15.9 Å². The van der Waals surface area contributed by atoms with Crippen LogP contribution in [0.3, 0.4) is 0 Å². The molecule has 0 amide bonds. The van der Waals surface area contributed by atoms with E-state index in [-0.39, 0.29) is 22.5 Å². The summed E-state index contributed by atoms with van der Waals surface area (Å²) in [5.41, 5.74) is -0.288. The van der Waals surface area contributed by atoms with Crippen LogP contribution in [0.15, 0.2) is 16.6 Å². The number of halogens is 2. The molecule has 0 aliphatic heterocycles. The molecule has 1 rings (SSSR count). The Morgan fingerprint density at radius 3 is 2.83 bits per heavy atom. The number of nitro groups is 1. The SMILES string of the molecule is N#CCCCCOc1cc(F)c(Br)cc1[N+](=O)[O-]. The maximum Gasteiger partial charge on any atom is 0.312 e. The largest absolute Gasteiger partial charge is 0.487 e. The molecule has 0 saturated carbocycles. The van der Waals surface area contributed by atoms with E-state index in [9.17, 15) is 14.5 Å². The van der Waals surface area contributed by atoms with Crippen molar-refractivity contribution in [2.24, 2.45) is 0 Å². The minimum absolute atomic E-state index is 0.0195. The Bertz CT molecular complexity index is 488. The van der Waals surface area contributed by atoms with Gasteiger partial charge in [-0.05, 0) is 28.8 Å². The van der Waals surface area contributed by atoms with Crippen molar-refractivity contribution in [1.82, 2.24) is 0 Å². The summed E-state index contributed by atoms with van der Waals surface area (Å²) in [6.07, 6.45) is 1.63. The van der Waals surface area contributed by atoms with Gasteiger partial charge in [0, 0.05) is 18.6 Å². The lowest BCUT2D eigenvalue weighted by molar-refractivity contribution is -0.386. The zero-order valence-electron chi connectivity index (χ0n) is 9.36. The molecule has 0 radical (unpaired) electrons. The molecule has 0 heterocycles. The fourth-order valence-electron chi connectivity index (χ4n) is 1.26. The highest BCUT2D eigenvalue weighted by molar-refractivity contribution is 9.10. The van der Waals surface area contributed by atoms with Gasteiger partial charge in [0.15, 0.2) is 5.75 Å². The molecule has 0 spiro atoms. The summed E-state index contributed by atoms with van der Waals surface area (Å²) in [7, 11) is 0. The lowest BCUT2D eigenvalue weighted by atomic mass is 10.2. The van der Waals surface area contributed by atoms with Gasteiger partial charge in [-0.15, -0.1) is 0 Å². The van der Waals surface area contributed by atoms with Crippen LogP contribution in [0.5, 0.6) is 5.75 Å². The Balaban J connectivity index is 2.72. The number of hydrogen-bond acceptors (Lipinski definition) is 4. The standard InChI is InChI=1S/C11H10BrFN2O3/c12-8-6-10(15(16)17)11(7-9(8)13)18-5-3-1-2-4-14/h6-7H,1-3,5H2. The molecule has 5 nitrogen and oxygen atoms in total. The summed E-state index contributed by atoms with van der Waals surface area (Å²) >= 11 is 2.88. The fraction of sp³-hybridized carbons (Fsp3) is 0.364. The van der Waals surface area contributed by atoms with Crippen LogP contribution in [0.2, 0.25) is 0 Å². The Morgan fingerprint density at radius 1 is 1.50 bits per heavy atom. The number of unbranched alkanes of at least 4 members (excludes halogenated alkanes) is 2. The third-order valence-corrected chi connectivity index (χ3v) is 2.75. The summed E-state index contributed by atoms with van der Waals surface area (Å²) in [6, 6.07) is 4.03. The van der Waals surface area contributed by atoms with Crippen molar-refractivity contribution >= 4 is 21.6 Å². The van der Waals surface area contributed by atoms with Crippen molar-refractivity contribution in [1.29, 1.82) is 5.26 Å². The molecule has 0 unspecified atom stereocenters. The van der Waals surface area contributed by atoms with Gasteiger partial charge in [0.1, 0.15) is 5.82 Å². The number of ether oxygens (including phenoxy) is 1. The summed E-state index contributed by atoms with van der Waals surface area (Å²) in [5.74, 6) is -0.717. The first-order chi connectivity index (χ1) is 8.56. The van der Waals surface area contributed by atoms with Crippen LogP contribution in [0.1, 0.15) is 19.3 Å². The van der Waals surface area contributed by atoms with Gasteiger partial charge in [0.25, 0.3) is 0 Å². The van der Waals surface area contributed by atoms with Crippen LogP contribution in [0.25, 0.3) is 0 Å². The number of nitrogens with zero attached hydrogens (tertiary/aromatic N) is 2. The van der Waals surface area contributed by atoms with E-state index in [1.807, 2.05) is 6.07 Å². The van der Waals surface area contributed by atoms with Gasteiger partial charge in [-0.1, -0.05) is 0 Å². The molecule has 0 bridgehead atoms. The highest BCUT2D eigenvalue weighted by Crippen LogP contribution is 2.32. The molecule has 1 aromatic rings. The number of nitro benzene ring substituents is 1. The summed E-state index contributed by atoms with van der Waals surface area (Å²) in [4.78, 5) is 10.1. The van der Waals surface area contributed by atoms with Gasteiger partial charge >= 0.3 is 5.69 Å². The van der Waals surface area contributed by atoms with E-state index < -0.39 is 10.7 Å². The number of benzene rings is 1. The molecule has 0 atom stereocenters. The Labute approximate surface area is 111 Å². The third-order valence-electron chi connectivity index (χ3n) is 2.14.